The number of anilines is 1. The molecule has 0 spiro atoms. The van der Waals surface area contributed by atoms with Gasteiger partial charge in [0.25, 0.3) is 0 Å². The van der Waals surface area contributed by atoms with Gasteiger partial charge in [-0.1, -0.05) is 72.3 Å². The Bertz CT molecular complexity index is 1540. The highest BCUT2D eigenvalue weighted by Gasteiger charge is 2.34. The molecule has 2 unspecified atom stereocenters. The zero-order valence-corrected chi connectivity index (χ0v) is 22.9. The Hall–Kier alpha value is -3.94. The number of urea groups is 1. The highest BCUT2D eigenvalue weighted by atomic mass is 35.5. The molecular weight excluding hydrogens is 529 g/mol. The Morgan fingerprint density at radius 2 is 1.80 bits per heavy atom. The Balaban J connectivity index is 1.32. The number of halogens is 2. The minimum absolute atomic E-state index is 0.0358. The molecule has 1 fully saturated rings. The normalized spacial score (nSPS) is 17.9. The number of carboxylic acids is 1. The van der Waals surface area contributed by atoms with Crippen LogP contribution in [0.15, 0.2) is 84.9 Å². The second-order valence-corrected chi connectivity index (χ2v) is 10.7. The number of fused-ring (bicyclic) bond motifs is 1. The van der Waals surface area contributed by atoms with Crippen LogP contribution in [-0.2, 0) is 0 Å². The third-order valence-corrected chi connectivity index (χ3v) is 8.09. The summed E-state index contributed by atoms with van der Waals surface area (Å²) >= 11 is 6.23. The van der Waals surface area contributed by atoms with Crippen LogP contribution in [0.2, 0.25) is 5.02 Å². The third-order valence-electron chi connectivity index (χ3n) is 7.78. The van der Waals surface area contributed by atoms with Crippen LogP contribution in [0.4, 0.5) is 14.9 Å². The first-order chi connectivity index (χ1) is 19.3. The summed E-state index contributed by atoms with van der Waals surface area (Å²) in [6.07, 6.45) is 0.688. The lowest BCUT2D eigenvalue weighted by atomic mass is 9.80. The second-order valence-electron chi connectivity index (χ2n) is 10.3. The predicted octanol–water partition coefficient (Wildman–Crippen LogP) is 7.32. The molecule has 0 radical (unpaired) electrons. The van der Waals surface area contributed by atoms with E-state index < -0.39 is 5.97 Å². The largest absolute Gasteiger partial charge is 0.478 e. The summed E-state index contributed by atoms with van der Waals surface area (Å²) in [5.41, 5.74) is 2.16. The fraction of sp³-hybridized carbons (Fsp3) is 0.250. The maximum absolute atomic E-state index is 15.0. The van der Waals surface area contributed by atoms with Crippen molar-refractivity contribution in [2.75, 3.05) is 25.0 Å². The fourth-order valence-corrected chi connectivity index (χ4v) is 5.80. The zero-order valence-electron chi connectivity index (χ0n) is 22.1. The van der Waals surface area contributed by atoms with Crippen molar-refractivity contribution in [3.05, 3.63) is 112 Å². The molecule has 0 bridgehead atoms. The molecule has 5 rings (SSSR count). The Kier molecular flexibility index (Phi) is 8.33. The third kappa shape index (κ3) is 5.96. The SMILES string of the molecule is C[C@@H](NCC1CCN(C(=O)Nc2ccc(C(=O)O)cc2Cl)CC1c1ccccc1F)c1cccc2ccccc12. The number of hydrogen-bond donors (Lipinski definition) is 3. The first-order valence-corrected chi connectivity index (χ1v) is 13.7. The molecule has 6 nitrogen and oxygen atoms in total. The standard InChI is InChI=1S/C32H31ClFN3O3/c1-20(24-11-6-8-21-7-2-3-9-25(21)24)35-18-23-15-16-37(19-27(23)26-10-4-5-12-29(26)34)32(40)36-30-14-13-22(31(38)39)17-28(30)33/h2-14,17,20,23,27,35H,15-16,18-19H2,1H3,(H,36,40)(H,38,39)/t20-,23?,27?/m1/s1. The number of likely N-dealkylation sites (tertiary alicyclic amines) is 1. The van der Waals surface area contributed by atoms with Crippen LogP contribution in [0.5, 0.6) is 0 Å². The van der Waals surface area contributed by atoms with E-state index in [0.29, 0.717) is 37.3 Å². The van der Waals surface area contributed by atoms with Crippen LogP contribution in [-0.4, -0.2) is 41.6 Å². The summed E-state index contributed by atoms with van der Waals surface area (Å²) in [6.45, 7) is 3.65. The summed E-state index contributed by atoms with van der Waals surface area (Å²) in [7, 11) is 0. The average molecular weight is 560 g/mol. The van der Waals surface area contributed by atoms with Crippen LogP contribution in [0.25, 0.3) is 10.8 Å². The fourth-order valence-electron chi connectivity index (χ4n) is 5.57. The predicted molar refractivity (Wildman–Crippen MR) is 157 cm³/mol. The van der Waals surface area contributed by atoms with Gasteiger partial charge >= 0.3 is 12.0 Å². The molecule has 3 atom stereocenters. The summed E-state index contributed by atoms with van der Waals surface area (Å²) in [5, 5.41) is 18.2. The quantitative estimate of drug-likeness (QED) is 0.221. The van der Waals surface area contributed by atoms with Crippen molar-refractivity contribution < 1.29 is 19.1 Å². The first kappa shape index (κ1) is 27.6. The molecule has 8 heteroatoms. The van der Waals surface area contributed by atoms with E-state index in [1.54, 1.807) is 17.0 Å². The maximum Gasteiger partial charge on any atom is 0.335 e. The molecule has 2 amide bonds. The van der Waals surface area contributed by atoms with Crippen molar-refractivity contribution in [2.45, 2.75) is 25.3 Å². The highest BCUT2D eigenvalue weighted by molar-refractivity contribution is 6.34. The van der Waals surface area contributed by atoms with E-state index in [1.807, 2.05) is 18.2 Å². The number of nitrogens with one attached hydrogen (secondary N) is 2. The minimum atomic E-state index is -1.10. The van der Waals surface area contributed by atoms with Gasteiger partial charge in [0.15, 0.2) is 0 Å². The maximum atomic E-state index is 15.0. The Morgan fingerprint density at radius 1 is 1.05 bits per heavy atom. The van der Waals surface area contributed by atoms with Crippen LogP contribution in [0.3, 0.4) is 0 Å². The van der Waals surface area contributed by atoms with E-state index in [1.165, 1.54) is 40.6 Å². The van der Waals surface area contributed by atoms with E-state index in [2.05, 4.69) is 47.9 Å². The number of rotatable bonds is 7. The number of carboxylic acid groups (broad SMARTS) is 1. The molecule has 0 saturated carbocycles. The van der Waals surface area contributed by atoms with Gasteiger partial charge in [-0.3, -0.25) is 0 Å². The lowest BCUT2D eigenvalue weighted by Gasteiger charge is -2.39. The van der Waals surface area contributed by atoms with Crippen LogP contribution in [0, 0.1) is 11.7 Å². The van der Waals surface area contributed by atoms with Crippen molar-refractivity contribution in [3.8, 4) is 0 Å². The van der Waals surface area contributed by atoms with Gasteiger partial charge in [0.1, 0.15) is 5.82 Å². The van der Waals surface area contributed by atoms with Gasteiger partial charge in [-0.25, -0.2) is 14.0 Å². The van der Waals surface area contributed by atoms with Crippen LogP contribution in [0.1, 0.15) is 46.8 Å². The number of aromatic carboxylic acids is 1. The topological polar surface area (TPSA) is 81.7 Å². The highest BCUT2D eigenvalue weighted by Crippen LogP contribution is 2.35. The van der Waals surface area contributed by atoms with Crippen molar-refractivity contribution in [3.63, 3.8) is 0 Å². The molecule has 0 aliphatic carbocycles. The van der Waals surface area contributed by atoms with Crippen LogP contribution < -0.4 is 10.6 Å². The number of carbonyl (C=O) groups excluding carboxylic acids is 1. The molecular formula is C32H31ClFN3O3. The Labute approximate surface area is 237 Å². The monoisotopic (exact) mass is 559 g/mol. The van der Waals surface area contributed by atoms with Gasteiger partial charge in [0.2, 0.25) is 0 Å². The lowest BCUT2D eigenvalue weighted by molar-refractivity contribution is 0.0697. The van der Waals surface area contributed by atoms with E-state index in [9.17, 15) is 9.59 Å². The molecule has 4 aromatic carbocycles. The van der Waals surface area contributed by atoms with Crippen molar-refractivity contribution in [1.29, 1.82) is 0 Å². The van der Waals surface area contributed by atoms with Gasteiger partial charge in [0, 0.05) is 25.0 Å². The zero-order chi connectivity index (χ0) is 28.2. The molecule has 4 aromatic rings. The molecule has 1 aliphatic heterocycles. The molecule has 1 aliphatic rings. The first-order valence-electron chi connectivity index (χ1n) is 13.4. The number of carbonyl (C=O) groups is 2. The minimum Gasteiger partial charge on any atom is -0.478 e. The van der Waals surface area contributed by atoms with Gasteiger partial charge in [-0.05, 0) is 72.0 Å². The van der Waals surface area contributed by atoms with Crippen molar-refractivity contribution in [2.24, 2.45) is 5.92 Å². The number of hydrogen-bond acceptors (Lipinski definition) is 3. The van der Waals surface area contributed by atoms with Gasteiger partial charge in [-0.2, -0.15) is 0 Å². The van der Waals surface area contributed by atoms with Crippen LogP contribution >= 0.6 is 11.6 Å². The molecule has 206 valence electrons. The summed E-state index contributed by atoms with van der Waals surface area (Å²) in [4.78, 5) is 26.1. The summed E-state index contributed by atoms with van der Waals surface area (Å²) in [6, 6.07) is 25.3. The number of nitrogens with zero attached hydrogens (tertiary/aromatic N) is 1. The molecule has 40 heavy (non-hydrogen) atoms. The number of piperidine rings is 1. The van der Waals surface area contributed by atoms with Crippen molar-refractivity contribution >= 4 is 40.1 Å². The molecule has 0 aromatic heterocycles. The summed E-state index contributed by atoms with van der Waals surface area (Å²) in [5.74, 6) is -1.48. The lowest BCUT2D eigenvalue weighted by Crippen LogP contribution is -2.47. The summed E-state index contributed by atoms with van der Waals surface area (Å²) < 4.78 is 15.0. The van der Waals surface area contributed by atoms with Crippen molar-refractivity contribution in [1.82, 2.24) is 10.2 Å². The van der Waals surface area contributed by atoms with E-state index in [0.717, 1.165) is 0 Å². The van der Waals surface area contributed by atoms with E-state index >= 15 is 4.39 Å². The number of benzene rings is 4. The van der Waals surface area contributed by atoms with Gasteiger partial charge in [0.05, 0.1) is 16.3 Å². The van der Waals surface area contributed by atoms with E-state index in [-0.39, 0.29) is 40.3 Å². The molecule has 3 N–H and O–H groups in total. The number of amides is 2. The van der Waals surface area contributed by atoms with E-state index in [4.69, 9.17) is 16.7 Å². The van der Waals surface area contributed by atoms with Gasteiger partial charge < -0.3 is 20.6 Å². The molecule has 1 heterocycles. The Morgan fingerprint density at radius 3 is 2.58 bits per heavy atom. The van der Waals surface area contributed by atoms with Gasteiger partial charge in [-0.15, -0.1) is 0 Å². The molecule has 1 saturated heterocycles. The average Bonchev–Trinajstić information content (AvgIpc) is 2.96. The smallest absolute Gasteiger partial charge is 0.335 e. The second kappa shape index (κ2) is 12.1.